The molecule has 0 aliphatic heterocycles. The smallest absolute Gasteiger partial charge is 0.136 e. The summed E-state index contributed by atoms with van der Waals surface area (Å²) in [6, 6.07) is 9.79. The highest BCUT2D eigenvalue weighted by atomic mass is 32.1. The maximum absolute atomic E-state index is 4.06. The van der Waals surface area contributed by atoms with Crippen molar-refractivity contribution in [3.05, 3.63) is 36.5 Å². The molecular formula is C8H7N3S. The van der Waals surface area contributed by atoms with E-state index in [1.165, 1.54) is 0 Å². The van der Waals surface area contributed by atoms with Gasteiger partial charge in [0.05, 0.1) is 11.9 Å². The molecule has 1 aromatic carbocycles. The highest BCUT2D eigenvalue weighted by Crippen LogP contribution is 2.06. The molecule has 0 bridgehead atoms. The topological polar surface area (TPSA) is 30.7 Å². The second-order valence-corrected chi connectivity index (χ2v) is 2.82. The lowest BCUT2D eigenvalue weighted by molar-refractivity contribution is 0.797. The van der Waals surface area contributed by atoms with Crippen LogP contribution in [-0.2, 0) is 0 Å². The van der Waals surface area contributed by atoms with Gasteiger partial charge in [0.15, 0.2) is 0 Å². The van der Waals surface area contributed by atoms with E-state index in [1.54, 1.807) is 10.9 Å². The molecule has 0 N–H and O–H groups in total. The van der Waals surface area contributed by atoms with Crippen molar-refractivity contribution < 1.29 is 0 Å². The van der Waals surface area contributed by atoms with E-state index in [1.807, 2.05) is 30.3 Å². The molecule has 12 heavy (non-hydrogen) atoms. The van der Waals surface area contributed by atoms with Crippen LogP contribution in [0.2, 0.25) is 0 Å². The van der Waals surface area contributed by atoms with E-state index in [0.717, 1.165) is 5.69 Å². The third kappa shape index (κ3) is 1.33. The molecule has 0 spiro atoms. The zero-order valence-electron chi connectivity index (χ0n) is 6.25. The summed E-state index contributed by atoms with van der Waals surface area (Å²) in [6.07, 6.45) is 1.76. The number of hydrogen-bond donors (Lipinski definition) is 1. The van der Waals surface area contributed by atoms with Gasteiger partial charge < -0.3 is 0 Å². The van der Waals surface area contributed by atoms with Crippen molar-refractivity contribution in [2.24, 2.45) is 0 Å². The molecule has 2 rings (SSSR count). The molecule has 0 radical (unpaired) electrons. The third-order valence-electron chi connectivity index (χ3n) is 1.50. The fraction of sp³-hybridized carbons (Fsp3) is 0. The van der Waals surface area contributed by atoms with Crippen molar-refractivity contribution in [1.29, 1.82) is 0 Å². The SMILES string of the molecule is Sc1cn(-c2ccccc2)nn1. The van der Waals surface area contributed by atoms with E-state index in [2.05, 4.69) is 22.9 Å². The number of rotatable bonds is 1. The second-order valence-electron chi connectivity index (χ2n) is 2.36. The Morgan fingerprint density at radius 2 is 1.92 bits per heavy atom. The average Bonchev–Trinajstić information content (AvgIpc) is 2.54. The number of benzene rings is 1. The molecule has 0 atom stereocenters. The van der Waals surface area contributed by atoms with Gasteiger partial charge in [-0.25, -0.2) is 4.68 Å². The predicted molar refractivity (Wildman–Crippen MR) is 48.6 cm³/mol. The number of aromatic nitrogens is 3. The summed E-state index contributed by atoms with van der Waals surface area (Å²) in [6.45, 7) is 0. The van der Waals surface area contributed by atoms with Crippen molar-refractivity contribution in [2.45, 2.75) is 5.03 Å². The molecule has 4 heteroatoms. The van der Waals surface area contributed by atoms with Crippen molar-refractivity contribution in [2.75, 3.05) is 0 Å². The van der Waals surface area contributed by atoms with E-state index in [0.29, 0.717) is 5.03 Å². The van der Waals surface area contributed by atoms with E-state index in [4.69, 9.17) is 0 Å². The minimum absolute atomic E-state index is 0.624. The first-order valence-electron chi connectivity index (χ1n) is 3.53. The van der Waals surface area contributed by atoms with Crippen LogP contribution >= 0.6 is 12.6 Å². The molecule has 0 aliphatic carbocycles. The Hall–Kier alpha value is -1.29. The molecule has 0 amide bonds. The summed E-state index contributed by atoms with van der Waals surface area (Å²) in [4.78, 5) is 0. The molecule has 60 valence electrons. The van der Waals surface area contributed by atoms with Crippen LogP contribution in [0.25, 0.3) is 5.69 Å². The fourth-order valence-electron chi connectivity index (χ4n) is 0.962. The highest BCUT2D eigenvalue weighted by Gasteiger charge is 1.96. The maximum Gasteiger partial charge on any atom is 0.136 e. The average molecular weight is 177 g/mol. The Morgan fingerprint density at radius 1 is 1.17 bits per heavy atom. The minimum atomic E-state index is 0.624. The van der Waals surface area contributed by atoms with Gasteiger partial charge in [-0.2, -0.15) is 0 Å². The molecule has 2 aromatic rings. The molecular weight excluding hydrogens is 170 g/mol. The Balaban J connectivity index is 2.45. The number of thiol groups is 1. The Bertz CT molecular complexity index is 369. The lowest BCUT2D eigenvalue weighted by Gasteiger charge is -1.96. The highest BCUT2D eigenvalue weighted by molar-refractivity contribution is 7.80. The van der Waals surface area contributed by atoms with E-state index in [9.17, 15) is 0 Å². The Kier molecular flexibility index (Phi) is 1.83. The first kappa shape index (κ1) is 7.36. The van der Waals surface area contributed by atoms with Crippen molar-refractivity contribution >= 4 is 12.6 Å². The second kappa shape index (κ2) is 2.98. The zero-order chi connectivity index (χ0) is 8.39. The van der Waals surface area contributed by atoms with Gasteiger partial charge in [-0.15, -0.1) is 17.7 Å². The summed E-state index contributed by atoms with van der Waals surface area (Å²) in [5, 5.41) is 8.27. The minimum Gasteiger partial charge on any atom is -0.220 e. The van der Waals surface area contributed by atoms with Gasteiger partial charge in [0.25, 0.3) is 0 Å². The van der Waals surface area contributed by atoms with Crippen LogP contribution in [0.15, 0.2) is 41.6 Å². The molecule has 3 nitrogen and oxygen atoms in total. The van der Waals surface area contributed by atoms with Crippen LogP contribution in [-0.4, -0.2) is 15.0 Å². The van der Waals surface area contributed by atoms with Crippen LogP contribution in [0.4, 0.5) is 0 Å². The molecule has 0 saturated carbocycles. The van der Waals surface area contributed by atoms with Crippen molar-refractivity contribution in [3.8, 4) is 5.69 Å². The van der Waals surface area contributed by atoms with Gasteiger partial charge in [-0.05, 0) is 12.1 Å². The Morgan fingerprint density at radius 3 is 2.50 bits per heavy atom. The lowest BCUT2D eigenvalue weighted by Crippen LogP contribution is -1.93. The van der Waals surface area contributed by atoms with Crippen LogP contribution in [0.5, 0.6) is 0 Å². The van der Waals surface area contributed by atoms with Crippen LogP contribution in [0.1, 0.15) is 0 Å². The molecule has 1 heterocycles. The van der Waals surface area contributed by atoms with Gasteiger partial charge >= 0.3 is 0 Å². The van der Waals surface area contributed by atoms with E-state index in [-0.39, 0.29) is 0 Å². The van der Waals surface area contributed by atoms with E-state index >= 15 is 0 Å². The van der Waals surface area contributed by atoms with Crippen LogP contribution in [0.3, 0.4) is 0 Å². The van der Waals surface area contributed by atoms with Crippen molar-refractivity contribution in [1.82, 2.24) is 15.0 Å². The van der Waals surface area contributed by atoms with Crippen molar-refractivity contribution in [3.63, 3.8) is 0 Å². The van der Waals surface area contributed by atoms with Gasteiger partial charge in [0, 0.05) is 0 Å². The quantitative estimate of drug-likeness (QED) is 0.670. The first-order valence-corrected chi connectivity index (χ1v) is 3.98. The summed E-state index contributed by atoms with van der Waals surface area (Å²) < 4.78 is 1.68. The normalized spacial score (nSPS) is 10.1. The molecule has 1 aromatic heterocycles. The summed E-state index contributed by atoms with van der Waals surface area (Å²) >= 11 is 4.06. The van der Waals surface area contributed by atoms with Gasteiger partial charge in [-0.1, -0.05) is 23.4 Å². The number of nitrogens with zero attached hydrogens (tertiary/aromatic N) is 3. The lowest BCUT2D eigenvalue weighted by atomic mass is 10.3. The standard InChI is InChI=1S/C8H7N3S/c12-8-6-11(10-9-8)7-4-2-1-3-5-7/h1-6,12H. The zero-order valence-corrected chi connectivity index (χ0v) is 7.15. The number of hydrogen-bond acceptors (Lipinski definition) is 3. The summed E-state index contributed by atoms with van der Waals surface area (Å²) in [5.74, 6) is 0. The molecule has 0 unspecified atom stereocenters. The third-order valence-corrected chi connectivity index (χ3v) is 1.71. The van der Waals surface area contributed by atoms with Crippen LogP contribution in [0, 0.1) is 0 Å². The number of para-hydroxylation sites is 1. The van der Waals surface area contributed by atoms with E-state index < -0.39 is 0 Å². The summed E-state index contributed by atoms with van der Waals surface area (Å²) in [7, 11) is 0. The first-order chi connectivity index (χ1) is 5.86. The monoisotopic (exact) mass is 177 g/mol. The van der Waals surface area contributed by atoms with Gasteiger partial charge in [0.2, 0.25) is 0 Å². The largest absolute Gasteiger partial charge is 0.220 e. The maximum atomic E-state index is 4.06. The van der Waals surface area contributed by atoms with Gasteiger partial charge in [0.1, 0.15) is 5.03 Å². The van der Waals surface area contributed by atoms with Gasteiger partial charge in [-0.3, -0.25) is 0 Å². The van der Waals surface area contributed by atoms with Crippen LogP contribution < -0.4 is 0 Å². The molecule has 0 fully saturated rings. The predicted octanol–water partition coefficient (Wildman–Crippen LogP) is 1.56. The molecule has 0 saturated heterocycles. The fourth-order valence-corrected chi connectivity index (χ4v) is 1.11. The Labute approximate surface area is 75.4 Å². The molecule has 0 aliphatic rings. The summed E-state index contributed by atoms with van der Waals surface area (Å²) in [5.41, 5.74) is 0.991.